The van der Waals surface area contributed by atoms with Crippen LogP contribution in [0.2, 0.25) is 5.02 Å². The number of nitro groups is 1. The first-order valence-electron chi connectivity index (χ1n) is 4.30. The van der Waals surface area contributed by atoms with Gasteiger partial charge in [0.25, 0.3) is 0 Å². The van der Waals surface area contributed by atoms with Gasteiger partial charge in [-0.2, -0.15) is 0 Å². The van der Waals surface area contributed by atoms with Crippen LogP contribution in [0.25, 0.3) is 0 Å². The summed E-state index contributed by atoms with van der Waals surface area (Å²) in [5, 5.41) is 11.5. The van der Waals surface area contributed by atoms with E-state index in [-0.39, 0.29) is 16.5 Å². The summed E-state index contributed by atoms with van der Waals surface area (Å²) in [7, 11) is 1.43. The fourth-order valence-electron chi connectivity index (χ4n) is 1.09. The van der Waals surface area contributed by atoms with E-state index >= 15 is 0 Å². The average molecular weight is 311 g/mol. The van der Waals surface area contributed by atoms with Crippen LogP contribution in [-0.4, -0.2) is 24.0 Å². The largest absolute Gasteiger partial charge is 0.495 e. The molecule has 16 heavy (non-hydrogen) atoms. The number of nitro benzene ring substituents is 1. The topological polar surface area (TPSA) is 61.6 Å². The number of alkyl halides is 1. The van der Waals surface area contributed by atoms with E-state index < -0.39 is 4.92 Å². The molecule has 0 heterocycles. The average Bonchev–Trinajstić information content (AvgIpc) is 2.26. The van der Waals surface area contributed by atoms with Gasteiger partial charge in [0.2, 0.25) is 5.75 Å². The highest BCUT2D eigenvalue weighted by atomic mass is 79.9. The van der Waals surface area contributed by atoms with Gasteiger partial charge in [0.15, 0.2) is 0 Å². The van der Waals surface area contributed by atoms with Crippen molar-refractivity contribution in [3.8, 4) is 11.5 Å². The van der Waals surface area contributed by atoms with Crippen LogP contribution in [0.1, 0.15) is 0 Å². The Labute approximate surface area is 106 Å². The van der Waals surface area contributed by atoms with Crippen molar-refractivity contribution in [3.05, 3.63) is 27.3 Å². The van der Waals surface area contributed by atoms with E-state index in [2.05, 4.69) is 15.9 Å². The van der Waals surface area contributed by atoms with Gasteiger partial charge in [-0.1, -0.05) is 27.5 Å². The minimum atomic E-state index is -0.547. The van der Waals surface area contributed by atoms with Crippen molar-refractivity contribution in [2.45, 2.75) is 0 Å². The van der Waals surface area contributed by atoms with Crippen LogP contribution < -0.4 is 9.47 Å². The standard InChI is InChI=1S/C9H9BrClNO4/c1-15-8-5-9(16-3-2-10)7(12(13)14)4-6(8)11/h4-5H,2-3H2,1H3. The summed E-state index contributed by atoms with van der Waals surface area (Å²) in [6.07, 6.45) is 0. The normalized spacial score (nSPS) is 9.94. The van der Waals surface area contributed by atoms with E-state index in [1.165, 1.54) is 19.2 Å². The molecule has 0 saturated carbocycles. The van der Waals surface area contributed by atoms with Gasteiger partial charge in [0.05, 0.1) is 23.7 Å². The molecule has 0 atom stereocenters. The lowest BCUT2D eigenvalue weighted by molar-refractivity contribution is -0.385. The second kappa shape index (κ2) is 5.91. The number of ether oxygens (including phenoxy) is 2. The maximum Gasteiger partial charge on any atom is 0.312 e. The molecule has 5 nitrogen and oxygen atoms in total. The van der Waals surface area contributed by atoms with E-state index in [9.17, 15) is 10.1 Å². The number of methoxy groups -OCH3 is 1. The molecular weight excluding hydrogens is 301 g/mol. The van der Waals surface area contributed by atoms with Crippen LogP contribution in [0.4, 0.5) is 5.69 Å². The second-order valence-corrected chi connectivity index (χ2v) is 3.95. The molecule has 1 aromatic carbocycles. The van der Waals surface area contributed by atoms with Crippen molar-refractivity contribution in [1.82, 2.24) is 0 Å². The number of hydrogen-bond donors (Lipinski definition) is 0. The van der Waals surface area contributed by atoms with Crippen LogP contribution >= 0.6 is 27.5 Å². The van der Waals surface area contributed by atoms with Crippen molar-refractivity contribution < 1.29 is 14.4 Å². The van der Waals surface area contributed by atoms with Crippen molar-refractivity contribution in [3.63, 3.8) is 0 Å². The van der Waals surface area contributed by atoms with E-state index in [1.54, 1.807) is 0 Å². The minimum Gasteiger partial charge on any atom is -0.495 e. The summed E-state index contributed by atoms with van der Waals surface area (Å²) in [6.45, 7) is 0.325. The molecule has 7 heteroatoms. The Kier molecular flexibility index (Phi) is 4.82. The highest BCUT2D eigenvalue weighted by Crippen LogP contribution is 2.37. The summed E-state index contributed by atoms with van der Waals surface area (Å²) >= 11 is 8.95. The first-order valence-corrected chi connectivity index (χ1v) is 5.80. The molecule has 0 unspecified atom stereocenters. The Hall–Kier alpha value is -1.01. The lowest BCUT2D eigenvalue weighted by Gasteiger charge is -2.08. The molecule has 0 aliphatic heterocycles. The lowest BCUT2D eigenvalue weighted by Crippen LogP contribution is -2.02. The Balaban J connectivity index is 3.14. The predicted molar refractivity (Wildman–Crippen MR) is 63.9 cm³/mol. The maximum atomic E-state index is 10.8. The Morgan fingerprint density at radius 1 is 1.50 bits per heavy atom. The molecule has 0 aliphatic rings. The Morgan fingerprint density at radius 2 is 2.19 bits per heavy atom. The fourth-order valence-corrected chi connectivity index (χ4v) is 1.48. The Bertz CT molecular complexity index is 399. The van der Waals surface area contributed by atoms with E-state index in [0.29, 0.717) is 17.7 Å². The number of benzene rings is 1. The molecule has 0 N–H and O–H groups in total. The molecule has 0 bridgehead atoms. The van der Waals surface area contributed by atoms with Gasteiger partial charge < -0.3 is 9.47 Å². The van der Waals surface area contributed by atoms with Crippen LogP contribution in [-0.2, 0) is 0 Å². The van der Waals surface area contributed by atoms with Gasteiger partial charge in [0, 0.05) is 17.5 Å². The molecule has 0 fully saturated rings. The molecular formula is C9H9BrClNO4. The zero-order valence-electron chi connectivity index (χ0n) is 8.41. The lowest BCUT2D eigenvalue weighted by atomic mass is 10.3. The highest BCUT2D eigenvalue weighted by Gasteiger charge is 2.19. The van der Waals surface area contributed by atoms with Gasteiger partial charge in [-0.05, 0) is 0 Å². The molecule has 88 valence electrons. The third kappa shape index (κ3) is 2.99. The van der Waals surface area contributed by atoms with Crippen LogP contribution in [0.3, 0.4) is 0 Å². The fraction of sp³-hybridized carbons (Fsp3) is 0.333. The second-order valence-electron chi connectivity index (χ2n) is 2.75. The molecule has 0 radical (unpaired) electrons. The minimum absolute atomic E-state index is 0.144. The quantitative estimate of drug-likeness (QED) is 0.476. The van der Waals surface area contributed by atoms with Crippen molar-refractivity contribution in [1.29, 1.82) is 0 Å². The summed E-state index contributed by atoms with van der Waals surface area (Å²) in [4.78, 5) is 10.2. The number of halogens is 2. The zero-order valence-corrected chi connectivity index (χ0v) is 10.7. The number of rotatable bonds is 5. The smallest absolute Gasteiger partial charge is 0.312 e. The summed E-state index contributed by atoms with van der Waals surface area (Å²) < 4.78 is 10.2. The highest BCUT2D eigenvalue weighted by molar-refractivity contribution is 9.09. The first-order chi connectivity index (χ1) is 7.60. The van der Waals surface area contributed by atoms with Crippen molar-refractivity contribution in [2.75, 3.05) is 19.0 Å². The molecule has 0 aromatic heterocycles. The van der Waals surface area contributed by atoms with Crippen molar-refractivity contribution >= 4 is 33.2 Å². The van der Waals surface area contributed by atoms with E-state index in [1.807, 2.05) is 0 Å². The number of nitrogens with zero attached hydrogens (tertiary/aromatic N) is 1. The first kappa shape index (κ1) is 13.1. The molecule has 1 rings (SSSR count). The van der Waals surface area contributed by atoms with Gasteiger partial charge in [-0.3, -0.25) is 10.1 Å². The molecule has 0 saturated heterocycles. The van der Waals surface area contributed by atoms with E-state index in [0.717, 1.165) is 0 Å². The summed E-state index contributed by atoms with van der Waals surface area (Å²) in [5.41, 5.74) is -0.174. The van der Waals surface area contributed by atoms with Crippen LogP contribution in [0.5, 0.6) is 11.5 Å². The van der Waals surface area contributed by atoms with Crippen molar-refractivity contribution in [2.24, 2.45) is 0 Å². The monoisotopic (exact) mass is 309 g/mol. The van der Waals surface area contributed by atoms with E-state index in [4.69, 9.17) is 21.1 Å². The predicted octanol–water partition coefficient (Wildman–Crippen LogP) is 3.03. The van der Waals surface area contributed by atoms with Gasteiger partial charge >= 0.3 is 5.69 Å². The Morgan fingerprint density at radius 3 is 2.69 bits per heavy atom. The van der Waals surface area contributed by atoms with Crippen LogP contribution in [0.15, 0.2) is 12.1 Å². The number of hydrogen-bond acceptors (Lipinski definition) is 4. The molecule has 0 spiro atoms. The summed E-state index contributed by atoms with van der Waals surface area (Å²) in [5.74, 6) is 0.488. The SMILES string of the molecule is COc1cc(OCCBr)c([N+](=O)[O-])cc1Cl. The molecule has 0 amide bonds. The van der Waals surface area contributed by atoms with Gasteiger partial charge in [0.1, 0.15) is 5.75 Å². The van der Waals surface area contributed by atoms with Gasteiger partial charge in [-0.25, -0.2) is 0 Å². The van der Waals surface area contributed by atoms with Crippen LogP contribution in [0, 0.1) is 10.1 Å². The third-order valence-corrected chi connectivity index (χ3v) is 2.38. The summed E-state index contributed by atoms with van der Waals surface area (Å²) in [6, 6.07) is 2.62. The zero-order chi connectivity index (χ0) is 12.1. The molecule has 0 aliphatic carbocycles. The van der Waals surface area contributed by atoms with Gasteiger partial charge in [-0.15, -0.1) is 0 Å². The third-order valence-electron chi connectivity index (χ3n) is 1.76. The molecule has 1 aromatic rings. The maximum absolute atomic E-state index is 10.8.